The summed E-state index contributed by atoms with van der Waals surface area (Å²) in [5.74, 6) is -0.293. The molecule has 4 rings (SSSR count). The van der Waals surface area contributed by atoms with Crippen molar-refractivity contribution >= 4 is 26.5 Å². The quantitative estimate of drug-likeness (QED) is 0.314. The Bertz CT molecular complexity index is 1220. The van der Waals surface area contributed by atoms with E-state index < -0.39 is 5.66 Å². The average Bonchev–Trinajstić information content (AvgIpc) is 3.40. The van der Waals surface area contributed by atoms with Gasteiger partial charge in [0.25, 0.3) is 0 Å². The summed E-state index contributed by atoms with van der Waals surface area (Å²) in [6.07, 6.45) is 2.81. The highest BCUT2D eigenvalue weighted by Crippen LogP contribution is 2.45. The number of benzene rings is 1. The van der Waals surface area contributed by atoms with Crippen molar-refractivity contribution in [3.63, 3.8) is 0 Å². The second-order valence-electron chi connectivity index (χ2n) is 8.58. The van der Waals surface area contributed by atoms with E-state index in [1.165, 1.54) is 10.8 Å². The van der Waals surface area contributed by atoms with Crippen molar-refractivity contribution in [3.8, 4) is 11.1 Å². The number of ether oxygens (including phenoxy) is 1. The van der Waals surface area contributed by atoms with Gasteiger partial charge in [0.2, 0.25) is 5.91 Å². The number of fused-ring (bicyclic) bond motifs is 1. The van der Waals surface area contributed by atoms with E-state index in [4.69, 9.17) is 4.74 Å². The maximum Gasteiger partial charge on any atom is 0.302 e. The number of amides is 1. The Morgan fingerprint density at radius 2 is 2.12 bits per heavy atom. The number of halogens is 2. The Morgan fingerprint density at radius 3 is 2.79 bits per heavy atom. The van der Waals surface area contributed by atoms with Crippen LogP contribution in [0.25, 0.3) is 11.1 Å². The molecule has 1 aromatic carbocycles. The molecule has 3 heterocycles. The molecule has 0 N–H and O–H groups in total. The van der Waals surface area contributed by atoms with Crippen molar-refractivity contribution in [1.82, 2.24) is 14.7 Å². The third-order valence-corrected chi connectivity index (χ3v) is 7.44. The Morgan fingerprint density at radius 1 is 1.38 bits per heavy atom. The van der Waals surface area contributed by atoms with Crippen LogP contribution in [-0.4, -0.2) is 40.3 Å². The Labute approximate surface area is 204 Å². The molecule has 34 heavy (non-hydrogen) atoms. The summed E-state index contributed by atoms with van der Waals surface area (Å²) in [4.78, 5) is 16.5. The van der Waals surface area contributed by atoms with Crippen LogP contribution in [0, 0.1) is 6.92 Å². The minimum atomic E-state index is -3.20. The van der Waals surface area contributed by atoms with E-state index in [0.717, 1.165) is 20.9 Å². The van der Waals surface area contributed by atoms with Gasteiger partial charge < -0.3 is 9.64 Å². The van der Waals surface area contributed by atoms with Crippen LogP contribution in [0.1, 0.15) is 39.4 Å². The van der Waals surface area contributed by atoms with E-state index >= 15 is 0 Å². The molecular formula is C25H28F2N3O2PS. The molecule has 0 spiro atoms. The van der Waals surface area contributed by atoms with Gasteiger partial charge >= 0.3 is 5.66 Å². The lowest BCUT2D eigenvalue weighted by Crippen LogP contribution is -2.37. The highest BCUT2D eigenvalue weighted by Gasteiger charge is 2.36. The number of hydrogen-bond acceptors (Lipinski definition) is 4. The largest absolute Gasteiger partial charge is 0.380 e. The molecule has 180 valence electrons. The third-order valence-electron chi connectivity index (χ3n) is 6.11. The van der Waals surface area contributed by atoms with E-state index in [1.54, 1.807) is 38.8 Å². The van der Waals surface area contributed by atoms with Crippen molar-refractivity contribution in [3.05, 3.63) is 75.8 Å². The first-order valence-corrected chi connectivity index (χ1v) is 12.4. The van der Waals surface area contributed by atoms with Crippen molar-refractivity contribution in [1.29, 1.82) is 0 Å². The SMILES string of the molecule is C=CC(=O)N1Cc2sc(C)cc2[C@@H](c2ccccc2-c2cn(CC(C)OC)nc2C(F)(F)P)C1. The molecule has 3 aromatic rings. The molecule has 0 radical (unpaired) electrons. The first-order valence-electron chi connectivity index (χ1n) is 11.0. The Kier molecular flexibility index (Phi) is 7.04. The van der Waals surface area contributed by atoms with E-state index in [9.17, 15) is 13.6 Å². The fraction of sp³-hybridized carbons (Fsp3) is 0.360. The molecule has 0 fully saturated rings. The molecule has 9 heteroatoms. The van der Waals surface area contributed by atoms with Crippen LogP contribution in [0.15, 0.2) is 49.2 Å². The molecule has 2 aromatic heterocycles. The van der Waals surface area contributed by atoms with Crippen LogP contribution in [-0.2, 0) is 28.3 Å². The number of carbonyl (C=O) groups is 1. The lowest BCUT2D eigenvalue weighted by Gasteiger charge is -2.33. The van der Waals surface area contributed by atoms with Gasteiger partial charge in [-0.1, -0.05) is 40.1 Å². The van der Waals surface area contributed by atoms with Crippen molar-refractivity contribution in [2.75, 3.05) is 13.7 Å². The minimum absolute atomic E-state index is 0.141. The predicted octanol–water partition coefficient (Wildman–Crippen LogP) is 5.54. The van der Waals surface area contributed by atoms with Gasteiger partial charge in [-0.3, -0.25) is 9.48 Å². The average molecular weight is 504 g/mol. The lowest BCUT2D eigenvalue weighted by atomic mass is 9.83. The summed E-state index contributed by atoms with van der Waals surface area (Å²) < 4.78 is 36.1. The standard InChI is InChI=1S/C25H28F2N3O2PS/c1-5-23(31)29-12-20(19-10-16(3)34-22(19)14-29)17-8-6-7-9-18(17)21-13-30(11-15(2)32-4)28-24(21)25(26,27)33/h5-10,13,15,20H,1,11-12,14,33H2,2-4H3/t15?,20-/m1/s1. The number of aryl methyl sites for hydroxylation is 1. The van der Waals surface area contributed by atoms with Gasteiger partial charge in [0.1, 0.15) is 5.69 Å². The van der Waals surface area contributed by atoms with Gasteiger partial charge in [-0.15, -0.1) is 11.3 Å². The summed E-state index contributed by atoms with van der Waals surface area (Å²) in [5.41, 5.74) is -0.417. The van der Waals surface area contributed by atoms with Crippen molar-refractivity contribution < 1.29 is 18.3 Å². The van der Waals surface area contributed by atoms with E-state index in [2.05, 4.69) is 17.7 Å². The smallest absolute Gasteiger partial charge is 0.302 e. The van der Waals surface area contributed by atoms with Crippen LogP contribution in [0.3, 0.4) is 0 Å². The summed E-state index contributed by atoms with van der Waals surface area (Å²) in [6, 6.07) is 9.70. The molecule has 1 aliphatic heterocycles. The maximum absolute atomic E-state index is 14.7. The monoisotopic (exact) mass is 503 g/mol. The van der Waals surface area contributed by atoms with Crippen molar-refractivity contribution in [2.45, 2.75) is 44.6 Å². The highest BCUT2D eigenvalue weighted by atomic mass is 32.1. The first kappa shape index (κ1) is 24.7. The Balaban J connectivity index is 1.86. The number of aromatic nitrogens is 2. The topological polar surface area (TPSA) is 47.4 Å². The molecule has 5 nitrogen and oxygen atoms in total. The minimum Gasteiger partial charge on any atom is -0.380 e. The van der Waals surface area contributed by atoms with Gasteiger partial charge in [0.05, 0.1) is 19.2 Å². The second kappa shape index (κ2) is 9.68. The number of rotatable bonds is 7. The van der Waals surface area contributed by atoms with E-state index in [1.807, 2.05) is 38.1 Å². The molecule has 1 amide bonds. The maximum atomic E-state index is 14.7. The third kappa shape index (κ3) is 4.85. The molecular weight excluding hydrogens is 475 g/mol. The van der Waals surface area contributed by atoms with E-state index in [-0.39, 0.29) is 23.6 Å². The van der Waals surface area contributed by atoms with Crippen molar-refractivity contribution in [2.24, 2.45) is 0 Å². The number of alkyl halides is 2. The summed E-state index contributed by atoms with van der Waals surface area (Å²) in [5, 5.41) is 4.23. The zero-order chi connectivity index (χ0) is 24.6. The molecule has 0 aliphatic carbocycles. The molecule has 3 atom stereocenters. The highest BCUT2D eigenvalue weighted by molar-refractivity contribution is 7.17. The summed E-state index contributed by atoms with van der Waals surface area (Å²) >= 11 is 1.66. The summed E-state index contributed by atoms with van der Waals surface area (Å²) in [6.45, 7) is 8.87. The molecule has 0 saturated carbocycles. The number of hydrogen-bond donors (Lipinski definition) is 0. The van der Waals surface area contributed by atoms with Gasteiger partial charge in [-0.2, -0.15) is 13.9 Å². The number of carbonyl (C=O) groups excluding carboxylic acids is 1. The Hall–Kier alpha value is -2.41. The van der Waals surface area contributed by atoms with E-state index in [0.29, 0.717) is 30.8 Å². The fourth-order valence-corrected chi connectivity index (χ4v) is 5.79. The first-order chi connectivity index (χ1) is 16.1. The zero-order valence-electron chi connectivity index (χ0n) is 19.4. The molecule has 0 saturated heterocycles. The van der Waals surface area contributed by atoms with Gasteiger partial charge in [0.15, 0.2) is 0 Å². The molecule has 0 bridgehead atoms. The van der Waals surface area contributed by atoms with Crippen LogP contribution in [0.5, 0.6) is 0 Å². The van der Waals surface area contributed by atoms with Gasteiger partial charge in [-0.05, 0) is 42.7 Å². The molecule has 1 aliphatic rings. The van der Waals surface area contributed by atoms with Gasteiger partial charge in [-0.25, -0.2) is 0 Å². The summed E-state index contributed by atoms with van der Waals surface area (Å²) in [7, 11) is 3.18. The van der Waals surface area contributed by atoms with Crippen LogP contribution in [0.4, 0.5) is 8.78 Å². The van der Waals surface area contributed by atoms with Crippen LogP contribution >= 0.6 is 20.6 Å². The number of nitrogens with zero attached hydrogens (tertiary/aromatic N) is 3. The zero-order valence-corrected chi connectivity index (χ0v) is 21.4. The second-order valence-corrected chi connectivity index (χ2v) is 10.6. The van der Waals surface area contributed by atoms with Crippen LogP contribution < -0.4 is 0 Å². The van der Waals surface area contributed by atoms with Crippen LogP contribution in [0.2, 0.25) is 0 Å². The number of thiophene rings is 1. The number of methoxy groups -OCH3 is 1. The van der Waals surface area contributed by atoms with Gasteiger partial charge in [0, 0.05) is 41.1 Å². The molecule has 2 unspecified atom stereocenters. The predicted molar refractivity (Wildman–Crippen MR) is 134 cm³/mol. The normalized spacial score (nSPS) is 16.9. The lowest BCUT2D eigenvalue weighted by molar-refractivity contribution is -0.127. The fourth-order valence-electron chi connectivity index (χ4n) is 4.46.